The molecule has 3 unspecified atom stereocenters. The van der Waals surface area contributed by atoms with Crippen molar-refractivity contribution in [1.29, 1.82) is 0 Å². The van der Waals surface area contributed by atoms with Gasteiger partial charge in [-0.25, -0.2) is 0 Å². The molecule has 0 spiro atoms. The van der Waals surface area contributed by atoms with Gasteiger partial charge in [0.25, 0.3) is 0 Å². The predicted molar refractivity (Wildman–Crippen MR) is 88.1 cm³/mol. The van der Waals surface area contributed by atoms with Gasteiger partial charge in [0.1, 0.15) is 18.6 Å². The highest BCUT2D eigenvalue weighted by Gasteiger charge is 2.28. The van der Waals surface area contributed by atoms with Gasteiger partial charge in [-0.05, 0) is 32.7 Å². The van der Waals surface area contributed by atoms with Crippen molar-refractivity contribution in [1.82, 2.24) is 21.3 Å². The Morgan fingerprint density at radius 1 is 1.08 bits per heavy atom. The van der Waals surface area contributed by atoms with Gasteiger partial charge in [0.05, 0.1) is 6.04 Å². The van der Waals surface area contributed by atoms with E-state index in [-0.39, 0.29) is 18.4 Å². The zero-order chi connectivity index (χ0) is 19.7. The summed E-state index contributed by atoms with van der Waals surface area (Å²) in [6, 6.07) is -2.53. The Bertz CT molecular complexity index is 560. The van der Waals surface area contributed by atoms with E-state index in [1.807, 2.05) is 0 Å². The standard InChI is InChI=1S/C15H24N4O7/c1-8(18-15(26)9-3-2-6-16-9)13(24)19-10(4-5-11(20)21)14(25)17-7-12(22)23/h8-10,16H,2-7H2,1H3,(H,17,25)(H,18,26)(H,19,24)(H,20,21)(H,22,23). The molecule has 146 valence electrons. The maximum atomic E-state index is 12.2. The molecule has 0 aliphatic carbocycles. The summed E-state index contributed by atoms with van der Waals surface area (Å²) in [6.45, 7) is 1.50. The quantitative estimate of drug-likeness (QED) is 0.250. The predicted octanol–water partition coefficient (Wildman–Crippen LogP) is -2.21. The van der Waals surface area contributed by atoms with Crippen molar-refractivity contribution in [2.45, 2.75) is 50.7 Å². The molecule has 0 bridgehead atoms. The minimum absolute atomic E-state index is 0.211. The first-order valence-corrected chi connectivity index (χ1v) is 8.26. The maximum Gasteiger partial charge on any atom is 0.322 e. The van der Waals surface area contributed by atoms with Crippen LogP contribution in [-0.2, 0) is 24.0 Å². The van der Waals surface area contributed by atoms with E-state index in [2.05, 4.69) is 21.3 Å². The van der Waals surface area contributed by atoms with Crippen molar-refractivity contribution in [2.24, 2.45) is 0 Å². The van der Waals surface area contributed by atoms with Crippen LogP contribution in [0.3, 0.4) is 0 Å². The number of carboxylic acids is 2. The molecule has 0 saturated carbocycles. The molecule has 1 aliphatic rings. The van der Waals surface area contributed by atoms with Crippen LogP contribution in [0.5, 0.6) is 0 Å². The highest BCUT2D eigenvalue weighted by molar-refractivity contribution is 5.93. The molecule has 0 aromatic heterocycles. The van der Waals surface area contributed by atoms with Crippen molar-refractivity contribution >= 4 is 29.7 Å². The van der Waals surface area contributed by atoms with Crippen molar-refractivity contribution in [2.75, 3.05) is 13.1 Å². The van der Waals surface area contributed by atoms with Crippen molar-refractivity contribution < 1.29 is 34.2 Å². The number of nitrogens with one attached hydrogen (secondary N) is 4. The molecule has 3 amide bonds. The molecule has 0 aromatic carbocycles. The van der Waals surface area contributed by atoms with Gasteiger partial charge in [0.2, 0.25) is 17.7 Å². The van der Waals surface area contributed by atoms with Gasteiger partial charge in [0.15, 0.2) is 0 Å². The Morgan fingerprint density at radius 2 is 1.77 bits per heavy atom. The largest absolute Gasteiger partial charge is 0.481 e. The molecule has 1 aliphatic heterocycles. The van der Waals surface area contributed by atoms with Crippen molar-refractivity contribution in [3.63, 3.8) is 0 Å². The third-order valence-electron chi connectivity index (χ3n) is 3.82. The Labute approximate surface area is 149 Å². The number of rotatable bonds is 10. The van der Waals surface area contributed by atoms with Crippen molar-refractivity contribution in [3.8, 4) is 0 Å². The molecule has 1 heterocycles. The number of carbonyl (C=O) groups is 5. The first-order chi connectivity index (χ1) is 12.2. The Morgan fingerprint density at radius 3 is 2.31 bits per heavy atom. The van der Waals surface area contributed by atoms with Crippen LogP contribution in [0.15, 0.2) is 0 Å². The zero-order valence-corrected chi connectivity index (χ0v) is 14.4. The SMILES string of the molecule is CC(NC(=O)C1CCCN1)C(=O)NC(CCC(=O)O)C(=O)NCC(=O)O. The van der Waals surface area contributed by atoms with Gasteiger partial charge < -0.3 is 31.5 Å². The van der Waals surface area contributed by atoms with Crippen LogP contribution >= 0.6 is 0 Å². The molecule has 11 heteroatoms. The van der Waals surface area contributed by atoms with E-state index in [1.165, 1.54) is 6.92 Å². The van der Waals surface area contributed by atoms with E-state index in [1.54, 1.807) is 0 Å². The van der Waals surface area contributed by atoms with Gasteiger partial charge >= 0.3 is 11.9 Å². The number of amides is 3. The minimum Gasteiger partial charge on any atom is -0.481 e. The smallest absolute Gasteiger partial charge is 0.322 e. The lowest BCUT2D eigenvalue weighted by atomic mass is 10.1. The topological polar surface area (TPSA) is 174 Å². The highest BCUT2D eigenvalue weighted by atomic mass is 16.4. The number of carbonyl (C=O) groups excluding carboxylic acids is 3. The number of carboxylic acid groups (broad SMARTS) is 2. The molecule has 0 radical (unpaired) electrons. The summed E-state index contributed by atoms with van der Waals surface area (Å²) in [5.74, 6) is -4.24. The Hall–Kier alpha value is -2.69. The fourth-order valence-electron chi connectivity index (χ4n) is 2.41. The van der Waals surface area contributed by atoms with Gasteiger partial charge in [-0.2, -0.15) is 0 Å². The number of hydrogen-bond donors (Lipinski definition) is 6. The summed E-state index contributed by atoms with van der Waals surface area (Å²) in [5, 5.41) is 27.3. The van der Waals surface area contributed by atoms with Crippen LogP contribution in [0, 0.1) is 0 Å². The Balaban J connectivity index is 2.60. The summed E-state index contributed by atoms with van der Waals surface area (Å²) in [5.41, 5.74) is 0. The first kappa shape index (κ1) is 21.4. The van der Waals surface area contributed by atoms with Crippen LogP contribution in [0.4, 0.5) is 0 Å². The molecular weight excluding hydrogens is 348 g/mol. The molecule has 1 rings (SSSR count). The molecular formula is C15H24N4O7. The number of hydrogen-bond acceptors (Lipinski definition) is 6. The average molecular weight is 372 g/mol. The van der Waals surface area contributed by atoms with E-state index in [0.717, 1.165) is 13.0 Å². The first-order valence-electron chi connectivity index (χ1n) is 8.26. The van der Waals surface area contributed by atoms with Crippen LogP contribution in [0.25, 0.3) is 0 Å². The average Bonchev–Trinajstić information content (AvgIpc) is 3.10. The maximum absolute atomic E-state index is 12.2. The lowest BCUT2D eigenvalue weighted by Gasteiger charge is -2.21. The van der Waals surface area contributed by atoms with Gasteiger partial charge in [0, 0.05) is 6.42 Å². The summed E-state index contributed by atoms with van der Waals surface area (Å²) in [7, 11) is 0. The molecule has 0 aromatic rings. The zero-order valence-electron chi connectivity index (χ0n) is 14.4. The molecule has 26 heavy (non-hydrogen) atoms. The normalized spacial score (nSPS) is 18.4. The summed E-state index contributed by atoms with van der Waals surface area (Å²) < 4.78 is 0. The molecule has 3 atom stereocenters. The van der Waals surface area contributed by atoms with E-state index >= 15 is 0 Å². The minimum atomic E-state index is -1.27. The Kier molecular flexibility index (Phi) is 8.49. The second-order valence-corrected chi connectivity index (χ2v) is 5.98. The van der Waals surface area contributed by atoms with Crippen LogP contribution < -0.4 is 21.3 Å². The van der Waals surface area contributed by atoms with E-state index in [9.17, 15) is 24.0 Å². The van der Waals surface area contributed by atoms with E-state index < -0.39 is 48.8 Å². The second kappa shape index (κ2) is 10.3. The van der Waals surface area contributed by atoms with Crippen LogP contribution in [0.1, 0.15) is 32.6 Å². The van der Waals surface area contributed by atoms with Gasteiger partial charge in [-0.1, -0.05) is 0 Å². The fourth-order valence-corrected chi connectivity index (χ4v) is 2.41. The second-order valence-electron chi connectivity index (χ2n) is 5.98. The lowest BCUT2D eigenvalue weighted by molar-refractivity contribution is -0.140. The molecule has 6 N–H and O–H groups in total. The molecule has 11 nitrogen and oxygen atoms in total. The molecule has 1 fully saturated rings. The summed E-state index contributed by atoms with van der Waals surface area (Å²) in [6.07, 6.45) is 0.925. The summed E-state index contributed by atoms with van der Waals surface area (Å²) in [4.78, 5) is 57.4. The van der Waals surface area contributed by atoms with Crippen LogP contribution in [0.2, 0.25) is 0 Å². The summed E-state index contributed by atoms with van der Waals surface area (Å²) >= 11 is 0. The van der Waals surface area contributed by atoms with E-state index in [0.29, 0.717) is 6.42 Å². The lowest BCUT2D eigenvalue weighted by Crippen LogP contribution is -2.55. The van der Waals surface area contributed by atoms with Crippen LogP contribution in [-0.4, -0.2) is 71.1 Å². The molecule has 1 saturated heterocycles. The monoisotopic (exact) mass is 372 g/mol. The van der Waals surface area contributed by atoms with E-state index in [4.69, 9.17) is 10.2 Å². The fraction of sp³-hybridized carbons (Fsp3) is 0.667. The van der Waals surface area contributed by atoms with Crippen molar-refractivity contribution in [3.05, 3.63) is 0 Å². The van der Waals surface area contributed by atoms with Gasteiger partial charge in [-0.3, -0.25) is 24.0 Å². The number of aliphatic carboxylic acids is 2. The third kappa shape index (κ3) is 7.47. The third-order valence-corrected chi connectivity index (χ3v) is 3.82. The highest BCUT2D eigenvalue weighted by Crippen LogP contribution is 2.05. The van der Waals surface area contributed by atoms with Gasteiger partial charge in [-0.15, -0.1) is 0 Å².